The predicted octanol–water partition coefficient (Wildman–Crippen LogP) is 7.30. The Balaban J connectivity index is 3.11. The summed E-state index contributed by atoms with van der Waals surface area (Å²) in [6.45, 7) is 5.72. The number of carbonyl (C=O) groups is 1. The van der Waals surface area contributed by atoms with Crippen LogP contribution in [0.1, 0.15) is 103 Å². The van der Waals surface area contributed by atoms with Gasteiger partial charge >= 0.3 is 5.97 Å². The van der Waals surface area contributed by atoms with Crippen molar-refractivity contribution in [2.24, 2.45) is 5.92 Å². The molecule has 24 heavy (non-hydrogen) atoms. The first-order chi connectivity index (χ1) is 11.7. The molecule has 0 amide bonds. The lowest BCUT2D eigenvalue weighted by Gasteiger charge is -2.08. The molecule has 1 N–H and O–H groups in total. The van der Waals surface area contributed by atoms with Crippen LogP contribution < -0.4 is 0 Å². The number of hydrogen-bond donors (Lipinski definition) is 1. The minimum absolute atomic E-state index is 0.325. The highest BCUT2D eigenvalue weighted by Gasteiger charge is 2.06. The van der Waals surface area contributed by atoms with Crippen molar-refractivity contribution < 1.29 is 9.90 Å². The summed E-state index contributed by atoms with van der Waals surface area (Å²) in [5.74, 6) is -0.326. The minimum atomic E-state index is -0.660. The molecular weight excluding hydrogens is 296 g/mol. The third-order valence-corrected chi connectivity index (χ3v) is 4.61. The van der Waals surface area contributed by atoms with Crippen molar-refractivity contribution in [3.8, 4) is 0 Å². The van der Waals surface area contributed by atoms with Crippen molar-refractivity contribution in [1.82, 2.24) is 0 Å². The smallest absolute Gasteiger partial charge is 0.303 e. The van der Waals surface area contributed by atoms with Gasteiger partial charge in [0.15, 0.2) is 0 Å². The van der Waals surface area contributed by atoms with Gasteiger partial charge in [0.05, 0.1) is 0 Å². The maximum Gasteiger partial charge on any atom is 0.303 e. The van der Waals surface area contributed by atoms with Crippen molar-refractivity contribution in [3.63, 3.8) is 0 Å². The zero-order chi connectivity index (χ0) is 17.9. The summed E-state index contributed by atoms with van der Waals surface area (Å²) in [7, 11) is 0. The van der Waals surface area contributed by atoms with E-state index in [0.717, 1.165) is 6.42 Å². The van der Waals surface area contributed by atoms with Crippen LogP contribution in [-0.2, 0) is 4.79 Å². The molecule has 0 bridgehead atoms. The van der Waals surface area contributed by atoms with Gasteiger partial charge in [0, 0.05) is 6.42 Å². The van der Waals surface area contributed by atoms with Crippen LogP contribution in [0.5, 0.6) is 0 Å². The standard InChI is InChI=1S/C22H40O2/c1-3-4-5-6-7-8-9-10-11-12-13-14-15-16-17-18-19-21(2)20-22(23)24/h3-5,21H,1,6-20H2,2H3,(H,23,24). The SMILES string of the molecule is C=CC=CCCCCCCCCCCCCCCC(C)CC(=O)O. The van der Waals surface area contributed by atoms with Gasteiger partial charge in [0.2, 0.25) is 0 Å². The highest BCUT2D eigenvalue weighted by Crippen LogP contribution is 2.16. The van der Waals surface area contributed by atoms with Gasteiger partial charge in [-0.05, 0) is 18.8 Å². The quantitative estimate of drug-likeness (QED) is 0.210. The van der Waals surface area contributed by atoms with Gasteiger partial charge in [-0.1, -0.05) is 109 Å². The average Bonchev–Trinajstić information content (AvgIpc) is 2.53. The Morgan fingerprint density at radius 1 is 0.875 bits per heavy atom. The van der Waals surface area contributed by atoms with Crippen molar-refractivity contribution in [2.75, 3.05) is 0 Å². The third kappa shape index (κ3) is 19.0. The summed E-state index contributed by atoms with van der Waals surface area (Å²) in [6.07, 6.45) is 24.8. The molecule has 2 heteroatoms. The molecule has 0 radical (unpaired) electrons. The molecule has 140 valence electrons. The molecule has 0 saturated heterocycles. The first kappa shape index (κ1) is 22.9. The van der Waals surface area contributed by atoms with Gasteiger partial charge in [-0.15, -0.1) is 0 Å². The van der Waals surface area contributed by atoms with E-state index in [1.807, 2.05) is 19.1 Å². The number of carboxylic acid groups (broad SMARTS) is 1. The maximum absolute atomic E-state index is 10.6. The van der Waals surface area contributed by atoms with Crippen molar-refractivity contribution in [3.05, 3.63) is 24.8 Å². The monoisotopic (exact) mass is 336 g/mol. The molecule has 0 rings (SSSR count). The Bertz CT molecular complexity index is 320. The lowest BCUT2D eigenvalue weighted by molar-refractivity contribution is -0.138. The van der Waals surface area contributed by atoms with Crippen LogP contribution in [0.2, 0.25) is 0 Å². The Morgan fingerprint density at radius 3 is 1.79 bits per heavy atom. The van der Waals surface area contributed by atoms with Crippen LogP contribution in [0.4, 0.5) is 0 Å². The summed E-state index contributed by atoms with van der Waals surface area (Å²) >= 11 is 0. The van der Waals surface area contributed by atoms with E-state index in [9.17, 15) is 4.79 Å². The lowest BCUT2D eigenvalue weighted by Crippen LogP contribution is -2.03. The fourth-order valence-corrected chi connectivity index (χ4v) is 3.12. The van der Waals surface area contributed by atoms with Crippen LogP contribution >= 0.6 is 0 Å². The molecule has 1 unspecified atom stereocenters. The molecule has 0 aromatic rings. The Hall–Kier alpha value is -1.05. The molecular formula is C22H40O2. The molecule has 0 spiro atoms. The zero-order valence-corrected chi connectivity index (χ0v) is 16.0. The van der Waals surface area contributed by atoms with Gasteiger partial charge in [-0.25, -0.2) is 0 Å². The first-order valence-electron chi connectivity index (χ1n) is 10.2. The zero-order valence-electron chi connectivity index (χ0n) is 16.0. The fourth-order valence-electron chi connectivity index (χ4n) is 3.12. The van der Waals surface area contributed by atoms with Gasteiger partial charge in [-0.3, -0.25) is 4.79 Å². The number of allylic oxidation sites excluding steroid dienone is 3. The summed E-state index contributed by atoms with van der Waals surface area (Å²) in [5.41, 5.74) is 0. The fraction of sp³-hybridized carbons (Fsp3) is 0.773. The van der Waals surface area contributed by atoms with Crippen molar-refractivity contribution in [1.29, 1.82) is 0 Å². The number of aliphatic carboxylic acids is 1. The molecule has 0 aliphatic carbocycles. The highest BCUT2D eigenvalue weighted by atomic mass is 16.4. The predicted molar refractivity (Wildman–Crippen MR) is 105 cm³/mol. The second kappa shape index (κ2) is 18.3. The minimum Gasteiger partial charge on any atom is -0.481 e. The molecule has 0 aromatic heterocycles. The van der Waals surface area contributed by atoms with Crippen molar-refractivity contribution in [2.45, 2.75) is 103 Å². The molecule has 0 aliphatic rings. The first-order valence-corrected chi connectivity index (χ1v) is 10.2. The average molecular weight is 337 g/mol. The number of rotatable bonds is 18. The molecule has 0 heterocycles. The van der Waals surface area contributed by atoms with Gasteiger partial charge in [0.1, 0.15) is 0 Å². The molecule has 0 fully saturated rings. The number of unbranched alkanes of at least 4 members (excludes halogenated alkanes) is 12. The van der Waals surface area contributed by atoms with Gasteiger partial charge in [0.25, 0.3) is 0 Å². The van der Waals surface area contributed by atoms with E-state index in [1.165, 1.54) is 83.5 Å². The van der Waals surface area contributed by atoms with E-state index >= 15 is 0 Å². The Morgan fingerprint density at radius 2 is 1.33 bits per heavy atom. The topological polar surface area (TPSA) is 37.3 Å². The highest BCUT2D eigenvalue weighted by molar-refractivity contribution is 5.66. The van der Waals surface area contributed by atoms with Crippen LogP contribution in [0.15, 0.2) is 24.8 Å². The largest absolute Gasteiger partial charge is 0.481 e. The second-order valence-electron chi connectivity index (χ2n) is 7.19. The molecule has 0 saturated carbocycles. The Kier molecular flexibility index (Phi) is 17.5. The van der Waals surface area contributed by atoms with E-state index in [0.29, 0.717) is 12.3 Å². The van der Waals surface area contributed by atoms with Crippen molar-refractivity contribution >= 4 is 5.97 Å². The van der Waals surface area contributed by atoms with E-state index in [-0.39, 0.29) is 0 Å². The molecule has 0 aliphatic heterocycles. The summed E-state index contributed by atoms with van der Waals surface area (Å²) < 4.78 is 0. The molecule has 0 aromatic carbocycles. The van der Waals surface area contributed by atoms with Crippen LogP contribution in [0.3, 0.4) is 0 Å². The summed E-state index contributed by atoms with van der Waals surface area (Å²) in [5, 5.41) is 8.71. The molecule has 2 nitrogen and oxygen atoms in total. The molecule has 1 atom stereocenters. The number of carboxylic acids is 1. The summed E-state index contributed by atoms with van der Waals surface area (Å²) in [4.78, 5) is 10.6. The number of hydrogen-bond acceptors (Lipinski definition) is 1. The van der Waals surface area contributed by atoms with Gasteiger partial charge < -0.3 is 5.11 Å². The van der Waals surface area contributed by atoms with E-state index in [4.69, 9.17) is 5.11 Å². The van der Waals surface area contributed by atoms with E-state index in [2.05, 4.69) is 12.7 Å². The maximum atomic E-state index is 10.6. The van der Waals surface area contributed by atoms with Crippen LogP contribution in [0, 0.1) is 5.92 Å². The summed E-state index contributed by atoms with van der Waals surface area (Å²) in [6, 6.07) is 0. The van der Waals surface area contributed by atoms with Crippen LogP contribution in [-0.4, -0.2) is 11.1 Å². The Labute approximate surface area is 150 Å². The van der Waals surface area contributed by atoms with Crippen LogP contribution in [0.25, 0.3) is 0 Å². The normalized spacial score (nSPS) is 12.5. The third-order valence-electron chi connectivity index (χ3n) is 4.61. The van der Waals surface area contributed by atoms with Gasteiger partial charge in [-0.2, -0.15) is 0 Å². The van der Waals surface area contributed by atoms with E-state index in [1.54, 1.807) is 0 Å². The van der Waals surface area contributed by atoms with E-state index < -0.39 is 5.97 Å². The second-order valence-corrected chi connectivity index (χ2v) is 7.19. The lowest BCUT2D eigenvalue weighted by atomic mass is 9.99.